The highest BCUT2D eigenvalue weighted by molar-refractivity contribution is 6.46. The summed E-state index contributed by atoms with van der Waals surface area (Å²) in [6.45, 7) is 2.67. The molecule has 156 valence electrons. The molecule has 1 saturated heterocycles. The second kappa shape index (κ2) is 8.69. The molecule has 2 aromatic rings. The van der Waals surface area contributed by atoms with Crippen LogP contribution in [-0.4, -0.2) is 39.3 Å². The first-order chi connectivity index (χ1) is 14.6. The third kappa shape index (κ3) is 3.70. The van der Waals surface area contributed by atoms with Crippen molar-refractivity contribution in [1.29, 1.82) is 0 Å². The SMILES string of the molecule is CCCOc1ccc(C2/C(=C(/O)c3ccncc3)C(=O)C(=O)N2C2CCCC2)cc1. The maximum absolute atomic E-state index is 13.0. The van der Waals surface area contributed by atoms with E-state index in [-0.39, 0.29) is 17.4 Å². The molecular formula is C24H26N2O4. The number of rotatable bonds is 6. The molecule has 6 heteroatoms. The van der Waals surface area contributed by atoms with Crippen LogP contribution in [0.2, 0.25) is 0 Å². The summed E-state index contributed by atoms with van der Waals surface area (Å²) >= 11 is 0. The number of carbonyl (C=O) groups is 2. The van der Waals surface area contributed by atoms with Crippen LogP contribution in [0.5, 0.6) is 5.75 Å². The van der Waals surface area contributed by atoms with Gasteiger partial charge in [-0.05, 0) is 49.1 Å². The van der Waals surface area contributed by atoms with Crippen LogP contribution in [0, 0.1) is 0 Å². The zero-order valence-electron chi connectivity index (χ0n) is 17.1. The van der Waals surface area contributed by atoms with Crippen molar-refractivity contribution >= 4 is 17.4 Å². The van der Waals surface area contributed by atoms with Gasteiger partial charge in [0.15, 0.2) is 0 Å². The third-order valence-corrected chi connectivity index (χ3v) is 5.82. The predicted molar refractivity (Wildman–Crippen MR) is 113 cm³/mol. The molecule has 0 spiro atoms. The summed E-state index contributed by atoms with van der Waals surface area (Å²) in [6.07, 6.45) is 7.83. The number of nitrogens with zero attached hydrogens (tertiary/aromatic N) is 2. The number of aliphatic hydroxyl groups is 1. The molecule has 0 radical (unpaired) electrons. The molecular weight excluding hydrogens is 380 g/mol. The lowest BCUT2D eigenvalue weighted by Crippen LogP contribution is -2.37. The average Bonchev–Trinajstić information content (AvgIpc) is 3.40. The molecule has 2 heterocycles. The number of ether oxygens (including phenoxy) is 1. The molecule has 1 N–H and O–H groups in total. The molecule has 2 fully saturated rings. The molecule has 1 saturated carbocycles. The van der Waals surface area contributed by atoms with Crippen molar-refractivity contribution in [3.05, 3.63) is 65.5 Å². The van der Waals surface area contributed by atoms with Crippen molar-refractivity contribution in [2.45, 2.75) is 51.1 Å². The molecule has 1 aliphatic carbocycles. The second-order valence-corrected chi connectivity index (χ2v) is 7.80. The molecule has 0 bridgehead atoms. The maximum Gasteiger partial charge on any atom is 0.295 e. The largest absolute Gasteiger partial charge is 0.507 e. The second-order valence-electron chi connectivity index (χ2n) is 7.80. The lowest BCUT2D eigenvalue weighted by molar-refractivity contribution is -0.141. The van der Waals surface area contributed by atoms with Crippen LogP contribution < -0.4 is 4.74 Å². The fourth-order valence-corrected chi connectivity index (χ4v) is 4.37. The van der Waals surface area contributed by atoms with Gasteiger partial charge in [-0.25, -0.2) is 0 Å². The standard InChI is InChI=1S/C24H26N2O4/c1-2-15-30-19-9-7-16(8-10-19)21-20(22(27)17-11-13-25-14-12-17)23(28)24(29)26(21)18-5-3-4-6-18/h7-14,18,21,27H,2-6,15H2,1H3/b22-20-. The zero-order chi connectivity index (χ0) is 21.1. The molecule has 1 aliphatic heterocycles. The highest BCUT2D eigenvalue weighted by Crippen LogP contribution is 2.43. The number of carbonyl (C=O) groups excluding carboxylic acids is 2. The van der Waals surface area contributed by atoms with Gasteiger partial charge in [-0.3, -0.25) is 14.6 Å². The van der Waals surface area contributed by atoms with Crippen molar-refractivity contribution in [2.24, 2.45) is 0 Å². The normalized spacial score (nSPS) is 21.4. The lowest BCUT2D eigenvalue weighted by atomic mass is 9.95. The van der Waals surface area contributed by atoms with Crippen molar-refractivity contribution in [3.63, 3.8) is 0 Å². The Morgan fingerprint density at radius 2 is 1.77 bits per heavy atom. The minimum Gasteiger partial charge on any atom is -0.507 e. The van der Waals surface area contributed by atoms with E-state index in [1.165, 1.54) is 0 Å². The molecule has 1 amide bonds. The van der Waals surface area contributed by atoms with Gasteiger partial charge in [-0.1, -0.05) is 31.9 Å². The van der Waals surface area contributed by atoms with Gasteiger partial charge in [-0.15, -0.1) is 0 Å². The molecule has 30 heavy (non-hydrogen) atoms. The van der Waals surface area contributed by atoms with E-state index < -0.39 is 17.7 Å². The zero-order valence-corrected chi connectivity index (χ0v) is 17.1. The van der Waals surface area contributed by atoms with E-state index in [9.17, 15) is 14.7 Å². The quantitative estimate of drug-likeness (QED) is 0.441. The number of Topliss-reactive ketones (excluding diaryl/α,β-unsaturated/α-hetero) is 1. The summed E-state index contributed by atoms with van der Waals surface area (Å²) in [4.78, 5) is 31.7. The number of likely N-dealkylation sites (tertiary alicyclic amines) is 1. The van der Waals surface area contributed by atoms with Crippen LogP contribution >= 0.6 is 0 Å². The summed E-state index contributed by atoms with van der Waals surface area (Å²) in [5, 5.41) is 11.0. The van der Waals surface area contributed by atoms with E-state index in [0.717, 1.165) is 43.4 Å². The van der Waals surface area contributed by atoms with Gasteiger partial charge in [0.25, 0.3) is 11.7 Å². The number of aromatic nitrogens is 1. The molecule has 1 aromatic heterocycles. The van der Waals surface area contributed by atoms with Crippen LogP contribution in [0.3, 0.4) is 0 Å². The Hall–Kier alpha value is -3.15. The van der Waals surface area contributed by atoms with Gasteiger partial charge in [0.1, 0.15) is 11.5 Å². The smallest absolute Gasteiger partial charge is 0.295 e. The van der Waals surface area contributed by atoms with E-state index in [2.05, 4.69) is 4.98 Å². The van der Waals surface area contributed by atoms with E-state index in [0.29, 0.717) is 12.2 Å². The highest BCUT2D eigenvalue weighted by Gasteiger charge is 2.49. The summed E-state index contributed by atoms with van der Waals surface area (Å²) < 4.78 is 5.67. The highest BCUT2D eigenvalue weighted by atomic mass is 16.5. The Morgan fingerprint density at radius 1 is 1.10 bits per heavy atom. The Balaban J connectivity index is 1.79. The van der Waals surface area contributed by atoms with Gasteiger partial charge in [-0.2, -0.15) is 0 Å². The summed E-state index contributed by atoms with van der Waals surface area (Å²) in [5.41, 5.74) is 1.41. The van der Waals surface area contributed by atoms with Crippen molar-refractivity contribution in [1.82, 2.24) is 9.88 Å². The Kier molecular flexibility index (Phi) is 5.84. The van der Waals surface area contributed by atoms with Crippen molar-refractivity contribution in [3.8, 4) is 5.75 Å². The number of aliphatic hydroxyl groups excluding tert-OH is 1. The molecule has 1 aromatic carbocycles. The van der Waals surface area contributed by atoms with Crippen molar-refractivity contribution < 1.29 is 19.4 Å². The van der Waals surface area contributed by atoms with Crippen molar-refractivity contribution in [2.75, 3.05) is 6.61 Å². The lowest BCUT2D eigenvalue weighted by Gasteiger charge is -2.30. The minimum absolute atomic E-state index is 0.00482. The molecule has 1 unspecified atom stereocenters. The monoisotopic (exact) mass is 406 g/mol. The number of pyridine rings is 1. The van der Waals surface area contributed by atoms with Gasteiger partial charge in [0, 0.05) is 24.0 Å². The topological polar surface area (TPSA) is 79.7 Å². The molecule has 2 aliphatic rings. The Labute approximate surface area is 176 Å². The average molecular weight is 406 g/mol. The first kappa shape index (κ1) is 20.1. The Bertz CT molecular complexity index is 947. The third-order valence-electron chi connectivity index (χ3n) is 5.82. The number of ketones is 1. The fourth-order valence-electron chi connectivity index (χ4n) is 4.37. The summed E-state index contributed by atoms with van der Waals surface area (Å²) in [7, 11) is 0. The fraction of sp³-hybridized carbons (Fsp3) is 0.375. The number of hydrogen-bond acceptors (Lipinski definition) is 5. The van der Waals surface area contributed by atoms with Gasteiger partial charge in [0.2, 0.25) is 0 Å². The van der Waals surface area contributed by atoms with Crippen LogP contribution in [-0.2, 0) is 9.59 Å². The van der Waals surface area contributed by atoms with E-state index in [4.69, 9.17) is 4.74 Å². The number of benzene rings is 1. The first-order valence-electron chi connectivity index (χ1n) is 10.5. The summed E-state index contributed by atoms with van der Waals surface area (Å²) in [6, 6.07) is 10.1. The number of amides is 1. The van der Waals surface area contributed by atoms with E-state index in [1.807, 2.05) is 31.2 Å². The first-order valence-corrected chi connectivity index (χ1v) is 10.5. The van der Waals surface area contributed by atoms with Gasteiger partial charge in [0.05, 0.1) is 18.2 Å². The minimum atomic E-state index is -0.632. The Morgan fingerprint density at radius 3 is 2.40 bits per heavy atom. The van der Waals surface area contributed by atoms with Crippen LogP contribution in [0.15, 0.2) is 54.4 Å². The van der Waals surface area contributed by atoms with Gasteiger partial charge >= 0.3 is 0 Å². The predicted octanol–water partition coefficient (Wildman–Crippen LogP) is 4.23. The van der Waals surface area contributed by atoms with E-state index in [1.54, 1.807) is 29.4 Å². The molecule has 4 rings (SSSR count). The van der Waals surface area contributed by atoms with E-state index >= 15 is 0 Å². The molecule has 6 nitrogen and oxygen atoms in total. The van der Waals surface area contributed by atoms with Crippen LogP contribution in [0.25, 0.3) is 5.76 Å². The van der Waals surface area contributed by atoms with Gasteiger partial charge < -0.3 is 14.7 Å². The summed E-state index contributed by atoms with van der Waals surface area (Å²) in [5.74, 6) is -0.582. The van der Waals surface area contributed by atoms with Crippen LogP contribution in [0.1, 0.15) is 56.2 Å². The maximum atomic E-state index is 13.0. The molecule has 1 atom stereocenters. The van der Waals surface area contributed by atoms with Crippen LogP contribution in [0.4, 0.5) is 0 Å². The number of hydrogen-bond donors (Lipinski definition) is 1.